The van der Waals surface area contributed by atoms with Gasteiger partial charge in [0.05, 0.1) is 5.54 Å². The van der Waals surface area contributed by atoms with Crippen LogP contribution in [0.5, 0.6) is 0 Å². The Kier molecular flexibility index (Phi) is 6.41. The van der Waals surface area contributed by atoms with Gasteiger partial charge in [0.1, 0.15) is 0 Å². The summed E-state index contributed by atoms with van der Waals surface area (Å²) >= 11 is 0. The highest BCUT2D eigenvalue weighted by atomic mass is 15.3. The molecule has 0 aromatic rings. The van der Waals surface area contributed by atoms with Crippen LogP contribution in [0.2, 0.25) is 0 Å². The molecule has 2 aliphatic rings. The van der Waals surface area contributed by atoms with Crippen molar-refractivity contribution >= 4 is 0 Å². The number of nitrogens with zero attached hydrogens (tertiary/aromatic N) is 1. The summed E-state index contributed by atoms with van der Waals surface area (Å²) in [5.74, 6) is 1.46. The van der Waals surface area contributed by atoms with Crippen molar-refractivity contribution in [2.24, 2.45) is 22.7 Å². The molecule has 150 valence electrons. The van der Waals surface area contributed by atoms with E-state index in [9.17, 15) is 0 Å². The maximum absolute atomic E-state index is 4.50. The Bertz CT molecular complexity index is 526. The van der Waals surface area contributed by atoms with E-state index >= 15 is 0 Å². The zero-order valence-corrected chi connectivity index (χ0v) is 19.0. The molecule has 26 heavy (non-hydrogen) atoms. The van der Waals surface area contributed by atoms with Gasteiger partial charge in [-0.25, -0.2) is 0 Å². The molecular weight excluding hydrogens is 314 g/mol. The molecule has 1 aliphatic carbocycles. The molecule has 1 heteroatoms. The summed E-state index contributed by atoms with van der Waals surface area (Å²) in [6.45, 7) is 24.7. The van der Waals surface area contributed by atoms with E-state index in [2.05, 4.69) is 72.9 Å². The second kappa shape index (κ2) is 7.72. The maximum atomic E-state index is 4.50. The molecule has 0 aromatic heterocycles. The molecule has 0 aromatic carbocycles. The van der Waals surface area contributed by atoms with E-state index in [1.807, 2.05) is 0 Å². The van der Waals surface area contributed by atoms with Gasteiger partial charge in [0.2, 0.25) is 0 Å². The molecule has 1 saturated carbocycles. The number of hydrogen-bond donors (Lipinski definition) is 0. The first-order valence-electron chi connectivity index (χ1n) is 11.1. The highest BCUT2D eigenvalue weighted by molar-refractivity contribution is 5.32. The van der Waals surface area contributed by atoms with Crippen LogP contribution in [0.1, 0.15) is 100 Å². The highest BCUT2D eigenvalue weighted by Gasteiger charge is 2.47. The summed E-state index contributed by atoms with van der Waals surface area (Å²) < 4.78 is 0. The number of hydrogen-bond acceptors (Lipinski definition) is 1. The lowest BCUT2D eigenvalue weighted by atomic mass is 9.62. The number of rotatable bonds is 8. The van der Waals surface area contributed by atoms with Gasteiger partial charge in [0.15, 0.2) is 0 Å². The largest absolute Gasteiger partial charge is 0.362 e. The lowest BCUT2D eigenvalue weighted by molar-refractivity contribution is 0.0641. The van der Waals surface area contributed by atoms with Gasteiger partial charge < -0.3 is 4.90 Å². The molecule has 0 amide bonds. The van der Waals surface area contributed by atoms with E-state index in [0.29, 0.717) is 16.7 Å². The topological polar surface area (TPSA) is 3.24 Å². The molecule has 2 rings (SSSR count). The van der Waals surface area contributed by atoms with Crippen molar-refractivity contribution in [1.29, 1.82) is 0 Å². The van der Waals surface area contributed by atoms with E-state index in [1.54, 1.807) is 5.70 Å². The lowest BCUT2D eigenvalue weighted by Crippen LogP contribution is -2.55. The lowest BCUT2D eigenvalue weighted by Gasteiger charge is -2.57. The van der Waals surface area contributed by atoms with Crippen LogP contribution in [-0.4, -0.2) is 17.0 Å². The fourth-order valence-corrected chi connectivity index (χ4v) is 4.56. The molecule has 1 heterocycles. The summed E-state index contributed by atoms with van der Waals surface area (Å²) in [4.78, 5) is 2.67. The van der Waals surface area contributed by atoms with Crippen LogP contribution in [0.4, 0.5) is 0 Å². The molecule has 0 bridgehead atoms. The van der Waals surface area contributed by atoms with Gasteiger partial charge >= 0.3 is 0 Å². The van der Waals surface area contributed by atoms with Gasteiger partial charge in [0.25, 0.3) is 0 Å². The molecule has 0 saturated heterocycles. The Hall–Kier alpha value is -0.720. The molecule has 2 atom stereocenters. The third-order valence-electron chi connectivity index (χ3n) is 7.65. The van der Waals surface area contributed by atoms with Gasteiger partial charge in [-0.1, -0.05) is 66.5 Å². The SMILES string of the molecule is C=C(CN1C(C2(C)CCC(C)(C)CC2)=CC1(C)C)C(C)CCC(C)CC. The minimum Gasteiger partial charge on any atom is -0.362 e. The minimum atomic E-state index is 0.185. The fraction of sp³-hybridized carbons (Fsp3) is 0.840. The average molecular weight is 360 g/mol. The minimum absolute atomic E-state index is 0.185. The predicted octanol–water partition coefficient (Wildman–Crippen LogP) is 7.59. The first-order chi connectivity index (χ1) is 11.9. The van der Waals surface area contributed by atoms with Crippen LogP contribution < -0.4 is 0 Å². The Morgan fingerprint density at radius 1 is 1.04 bits per heavy atom. The van der Waals surface area contributed by atoms with Gasteiger partial charge in [0, 0.05) is 17.7 Å². The zero-order chi connectivity index (χ0) is 19.8. The van der Waals surface area contributed by atoms with E-state index in [0.717, 1.165) is 12.5 Å². The molecular formula is C25H45N. The molecule has 0 spiro atoms. The zero-order valence-electron chi connectivity index (χ0n) is 19.0. The summed E-state index contributed by atoms with van der Waals surface area (Å²) in [6, 6.07) is 0. The first kappa shape index (κ1) is 21.6. The average Bonchev–Trinajstić information content (AvgIpc) is 2.58. The van der Waals surface area contributed by atoms with Gasteiger partial charge in [-0.2, -0.15) is 0 Å². The second-order valence-electron chi connectivity index (χ2n) is 11.1. The third-order valence-corrected chi connectivity index (χ3v) is 7.65. The van der Waals surface area contributed by atoms with E-state index < -0.39 is 0 Å². The van der Waals surface area contributed by atoms with Crippen molar-refractivity contribution in [2.45, 2.75) is 106 Å². The van der Waals surface area contributed by atoms with E-state index in [1.165, 1.54) is 50.5 Å². The van der Waals surface area contributed by atoms with Crippen molar-refractivity contribution in [3.8, 4) is 0 Å². The molecule has 1 aliphatic heterocycles. The van der Waals surface area contributed by atoms with Crippen LogP contribution in [-0.2, 0) is 0 Å². The molecule has 1 nitrogen and oxygen atoms in total. The Morgan fingerprint density at radius 2 is 1.62 bits per heavy atom. The monoisotopic (exact) mass is 359 g/mol. The quantitative estimate of drug-likeness (QED) is 0.403. The molecule has 2 unspecified atom stereocenters. The number of allylic oxidation sites excluding steroid dienone is 1. The fourth-order valence-electron chi connectivity index (χ4n) is 4.56. The van der Waals surface area contributed by atoms with Gasteiger partial charge in [-0.3, -0.25) is 0 Å². The van der Waals surface area contributed by atoms with Crippen molar-refractivity contribution in [3.63, 3.8) is 0 Å². The van der Waals surface area contributed by atoms with Crippen LogP contribution in [0.15, 0.2) is 23.9 Å². The molecule has 1 fully saturated rings. The standard InChI is InChI=1S/C25H45N/c1-10-19(2)11-12-20(3)21(4)18-26-22(17-24(26,7)8)25(9)15-13-23(5,6)14-16-25/h17,19-20H,4,10-16,18H2,1-3,5-9H3. The van der Waals surface area contributed by atoms with Crippen molar-refractivity contribution in [3.05, 3.63) is 23.9 Å². The summed E-state index contributed by atoms with van der Waals surface area (Å²) in [5, 5.41) is 0. The Morgan fingerprint density at radius 3 is 2.12 bits per heavy atom. The molecule has 0 radical (unpaired) electrons. The van der Waals surface area contributed by atoms with Gasteiger partial charge in [-0.15, -0.1) is 0 Å². The highest BCUT2D eigenvalue weighted by Crippen LogP contribution is 2.54. The predicted molar refractivity (Wildman–Crippen MR) is 116 cm³/mol. The van der Waals surface area contributed by atoms with E-state index in [-0.39, 0.29) is 5.54 Å². The van der Waals surface area contributed by atoms with Crippen LogP contribution in [0.25, 0.3) is 0 Å². The summed E-state index contributed by atoms with van der Waals surface area (Å²) in [7, 11) is 0. The van der Waals surface area contributed by atoms with Crippen LogP contribution in [0.3, 0.4) is 0 Å². The Balaban J connectivity index is 2.00. The molecule has 0 N–H and O–H groups in total. The van der Waals surface area contributed by atoms with Crippen LogP contribution in [0, 0.1) is 22.7 Å². The summed E-state index contributed by atoms with van der Waals surface area (Å²) in [5.41, 5.74) is 4.11. The van der Waals surface area contributed by atoms with Crippen molar-refractivity contribution < 1.29 is 0 Å². The second-order valence-corrected chi connectivity index (χ2v) is 11.1. The smallest absolute Gasteiger partial charge is 0.0548 e. The van der Waals surface area contributed by atoms with E-state index in [4.69, 9.17) is 0 Å². The third kappa shape index (κ3) is 4.76. The van der Waals surface area contributed by atoms with Crippen molar-refractivity contribution in [1.82, 2.24) is 4.90 Å². The van der Waals surface area contributed by atoms with Crippen LogP contribution >= 0.6 is 0 Å². The normalized spacial score (nSPS) is 25.8. The Labute approximate surface area is 164 Å². The van der Waals surface area contributed by atoms with Gasteiger partial charge in [-0.05, 0) is 69.3 Å². The maximum Gasteiger partial charge on any atom is 0.0548 e. The summed E-state index contributed by atoms with van der Waals surface area (Å²) in [6.07, 6.45) is 11.8. The van der Waals surface area contributed by atoms with Crippen molar-refractivity contribution in [2.75, 3.05) is 6.54 Å². The first-order valence-corrected chi connectivity index (χ1v) is 11.1.